The van der Waals surface area contributed by atoms with Gasteiger partial charge in [-0.05, 0) is 69.4 Å². The van der Waals surface area contributed by atoms with Crippen LogP contribution in [0.25, 0.3) is 22.2 Å². The van der Waals surface area contributed by atoms with Crippen LogP contribution in [0.5, 0.6) is 5.75 Å². The van der Waals surface area contributed by atoms with Gasteiger partial charge in [-0.2, -0.15) is 0 Å². The number of carboxylic acid groups (broad SMARTS) is 1. The molecule has 1 fully saturated rings. The summed E-state index contributed by atoms with van der Waals surface area (Å²) in [4.78, 5) is 20.3. The maximum Gasteiger partial charge on any atom is 0.339 e. The maximum absolute atomic E-state index is 14.0. The van der Waals surface area contributed by atoms with Crippen LogP contribution in [0.15, 0.2) is 47.1 Å². The molecule has 2 N–H and O–H groups in total. The van der Waals surface area contributed by atoms with Crippen LogP contribution in [0, 0.1) is 19.7 Å². The molecule has 4 aromatic rings. The van der Waals surface area contributed by atoms with Crippen molar-refractivity contribution >= 4 is 22.8 Å². The topological polar surface area (TPSA) is 97.5 Å². The van der Waals surface area contributed by atoms with E-state index in [4.69, 9.17) is 9.15 Å². The molecule has 1 aliphatic carbocycles. The number of furan rings is 1. The molecule has 35 heavy (non-hydrogen) atoms. The summed E-state index contributed by atoms with van der Waals surface area (Å²) in [6, 6.07) is 9.80. The Kier molecular flexibility index (Phi) is 6.11. The molecule has 0 aliphatic heterocycles. The zero-order valence-corrected chi connectivity index (χ0v) is 19.6. The van der Waals surface area contributed by atoms with Gasteiger partial charge in [-0.1, -0.05) is 6.07 Å². The molecule has 0 radical (unpaired) electrons. The lowest BCUT2D eigenvalue weighted by molar-refractivity contribution is 0.0680. The van der Waals surface area contributed by atoms with Gasteiger partial charge in [0.2, 0.25) is 0 Å². The lowest BCUT2D eigenvalue weighted by atomic mass is 9.96. The number of fused-ring (bicyclic) bond motifs is 1. The fourth-order valence-corrected chi connectivity index (χ4v) is 4.36. The number of halogens is 1. The molecule has 1 aliphatic rings. The number of carboxylic acids is 1. The summed E-state index contributed by atoms with van der Waals surface area (Å²) in [7, 11) is 0. The second-order valence-electron chi connectivity index (χ2n) is 8.89. The third-order valence-corrected chi connectivity index (χ3v) is 6.45. The Morgan fingerprint density at radius 3 is 2.77 bits per heavy atom. The van der Waals surface area contributed by atoms with E-state index in [1.807, 2.05) is 19.9 Å². The van der Waals surface area contributed by atoms with E-state index in [0.29, 0.717) is 35.8 Å². The van der Waals surface area contributed by atoms with Gasteiger partial charge < -0.3 is 19.6 Å². The summed E-state index contributed by atoms with van der Waals surface area (Å²) in [5, 5.41) is 13.6. The van der Waals surface area contributed by atoms with Crippen LogP contribution in [-0.4, -0.2) is 33.7 Å². The molecule has 2 heterocycles. The van der Waals surface area contributed by atoms with Crippen molar-refractivity contribution in [3.05, 3.63) is 71.0 Å². The third kappa shape index (κ3) is 4.69. The third-order valence-electron chi connectivity index (χ3n) is 6.45. The van der Waals surface area contributed by atoms with Gasteiger partial charge in [-0.3, -0.25) is 0 Å². The molecule has 0 bridgehead atoms. The molecular weight excluding hydrogens is 449 g/mol. The summed E-state index contributed by atoms with van der Waals surface area (Å²) in [6.45, 7) is 4.29. The number of carbonyl (C=O) groups is 1. The molecule has 5 rings (SSSR count). The predicted octanol–water partition coefficient (Wildman–Crippen LogP) is 5.93. The van der Waals surface area contributed by atoms with Gasteiger partial charge in [-0.25, -0.2) is 19.2 Å². The highest BCUT2D eigenvalue weighted by Crippen LogP contribution is 2.32. The van der Waals surface area contributed by atoms with Crippen molar-refractivity contribution in [1.29, 1.82) is 0 Å². The number of rotatable bonds is 8. The SMILES string of the molecule is Cc1oc2c(C)cc(F)cc2c1CCNc1cc(-c2ccc(C(=O)O)c(OC3CCC3)c2)ncn1. The number of aromatic nitrogens is 2. The number of ether oxygens (including phenoxy) is 1. The summed E-state index contributed by atoms with van der Waals surface area (Å²) in [5.74, 6) is 0.466. The van der Waals surface area contributed by atoms with Crippen molar-refractivity contribution in [2.24, 2.45) is 0 Å². The Bertz CT molecular complexity index is 1410. The largest absolute Gasteiger partial charge is 0.490 e. The number of nitrogens with zero attached hydrogens (tertiary/aromatic N) is 2. The van der Waals surface area contributed by atoms with Crippen molar-refractivity contribution in [2.75, 3.05) is 11.9 Å². The Hall–Kier alpha value is -3.94. The van der Waals surface area contributed by atoms with E-state index in [9.17, 15) is 14.3 Å². The molecule has 0 unspecified atom stereocenters. The van der Waals surface area contributed by atoms with Gasteiger partial charge in [0.1, 0.15) is 40.6 Å². The van der Waals surface area contributed by atoms with E-state index in [1.165, 1.54) is 18.5 Å². The van der Waals surface area contributed by atoms with Crippen LogP contribution < -0.4 is 10.1 Å². The first-order chi connectivity index (χ1) is 16.9. The molecule has 8 heteroatoms. The number of benzene rings is 2. The fourth-order valence-electron chi connectivity index (χ4n) is 4.36. The van der Waals surface area contributed by atoms with Gasteiger partial charge in [0.25, 0.3) is 0 Å². The Balaban J connectivity index is 1.33. The number of anilines is 1. The zero-order valence-electron chi connectivity index (χ0n) is 19.6. The monoisotopic (exact) mass is 475 g/mol. The minimum atomic E-state index is -1.02. The van der Waals surface area contributed by atoms with Crippen LogP contribution in [0.2, 0.25) is 0 Å². The Labute approximate surface area is 202 Å². The second-order valence-corrected chi connectivity index (χ2v) is 8.89. The minimum absolute atomic E-state index is 0.0608. The predicted molar refractivity (Wildman–Crippen MR) is 131 cm³/mol. The molecule has 0 atom stereocenters. The van der Waals surface area contributed by atoms with E-state index in [2.05, 4.69) is 15.3 Å². The molecule has 180 valence electrons. The number of nitrogens with one attached hydrogen (secondary N) is 1. The highest BCUT2D eigenvalue weighted by molar-refractivity contribution is 5.92. The molecule has 7 nitrogen and oxygen atoms in total. The molecule has 2 aromatic heterocycles. The molecule has 2 aromatic carbocycles. The second kappa shape index (κ2) is 9.37. The summed E-state index contributed by atoms with van der Waals surface area (Å²) >= 11 is 0. The fraction of sp³-hybridized carbons (Fsp3) is 0.296. The van der Waals surface area contributed by atoms with Crippen molar-refractivity contribution in [3.8, 4) is 17.0 Å². The lowest BCUT2D eigenvalue weighted by Crippen LogP contribution is -2.25. The smallest absolute Gasteiger partial charge is 0.339 e. The van der Waals surface area contributed by atoms with Crippen LogP contribution in [-0.2, 0) is 6.42 Å². The standard InChI is InChI=1S/C27H26FN3O4/c1-15-10-18(28)12-22-20(16(2)34-26(15)22)8-9-29-25-13-23(30-14-31-25)17-6-7-21(27(32)33)24(11-17)35-19-4-3-5-19/h6-7,10-14,19H,3-5,8-9H2,1-2H3,(H,32,33)(H,29,30,31). The molecule has 0 amide bonds. The van der Waals surface area contributed by atoms with Gasteiger partial charge in [0.05, 0.1) is 11.8 Å². The summed E-state index contributed by atoms with van der Waals surface area (Å²) in [5.41, 5.74) is 4.00. The Morgan fingerprint density at radius 1 is 1.20 bits per heavy atom. The average molecular weight is 476 g/mol. The molecule has 0 spiro atoms. The van der Waals surface area contributed by atoms with E-state index in [1.54, 1.807) is 18.2 Å². The van der Waals surface area contributed by atoms with Crippen molar-refractivity contribution < 1.29 is 23.4 Å². The van der Waals surface area contributed by atoms with E-state index in [0.717, 1.165) is 47.1 Å². The number of aryl methyl sites for hydroxylation is 2. The lowest BCUT2D eigenvalue weighted by Gasteiger charge is -2.27. The summed E-state index contributed by atoms with van der Waals surface area (Å²) in [6.07, 6.45) is 5.12. The van der Waals surface area contributed by atoms with Gasteiger partial charge in [0.15, 0.2) is 0 Å². The number of hydrogen-bond donors (Lipinski definition) is 2. The number of hydrogen-bond acceptors (Lipinski definition) is 6. The highest BCUT2D eigenvalue weighted by atomic mass is 19.1. The van der Waals surface area contributed by atoms with Gasteiger partial charge in [0, 0.05) is 29.1 Å². The zero-order chi connectivity index (χ0) is 24.5. The van der Waals surface area contributed by atoms with E-state index in [-0.39, 0.29) is 17.5 Å². The van der Waals surface area contributed by atoms with Crippen molar-refractivity contribution in [3.63, 3.8) is 0 Å². The minimum Gasteiger partial charge on any atom is -0.490 e. The summed E-state index contributed by atoms with van der Waals surface area (Å²) < 4.78 is 25.8. The quantitative estimate of drug-likeness (QED) is 0.326. The molecular formula is C27H26FN3O4. The highest BCUT2D eigenvalue weighted by Gasteiger charge is 2.22. The van der Waals surface area contributed by atoms with Crippen molar-refractivity contribution in [1.82, 2.24) is 9.97 Å². The average Bonchev–Trinajstić information content (AvgIpc) is 3.12. The van der Waals surface area contributed by atoms with Crippen LogP contribution >= 0.6 is 0 Å². The van der Waals surface area contributed by atoms with Crippen LogP contribution in [0.1, 0.15) is 46.5 Å². The first kappa shape index (κ1) is 22.8. The van der Waals surface area contributed by atoms with E-state index < -0.39 is 5.97 Å². The molecule has 0 saturated heterocycles. The van der Waals surface area contributed by atoms with E-state index >= 15 is 0 Å². The van der Waals surface area contributed by atoms with Crippen molar-refractivity contribution in [2.45, 2.75) is 45.6 Å². The first-order valence-electron chi connectivity index (χ1n) is 11.7. The Morgan fingerprint density at radius 2 is 2.03 bits per heavy atom. The number of aromatic carboxylic acids is 1. The normalized spacial score (nSPS) is 13.6. The van der Waals surface area contributed by atoms with Crippen LogP contribution in [0.3, 0.4) is 0 Å². The van der Waals surface area contributed by atoms with Crippen LogP contribution in [0.4, 0.5) is 10.2 Å². The maximum atomic E-state index is 14.0. The van der Waals surface area contributed by atoms with Gasteiger partial charge >= 0.3 is 5.97 Å². The molecule has 1 saturated carbocycles. The van der Waals surface area contributed by atoms with Gasteiger partial charge in [-0.15, -0.1) is 0 Å². The first-order valence-corrected chi connectivity index (χ1v) is 11.7.